The first-order valence-corrected chi connectivity index (χ1v) is 10.9. The van der Waals surface area contributed by atoms with E-state index < -0.39 is 6.36 Å². The number of nitrogens with zero attached hydrogens (tertiary/aromatic N) is 6. The molecule has 0 radical (unpaired) electrons. The van der Waals surface area contributed by atoms with E-state index in [-0.39, 0.29) is 23.5 Å². The Morgan fingerprint density at radius 3 is 2.63 bits per heavy atom. The normalized spacial score (nSPS) is 16.1. The van der Waals surface area contributed by atoms with E-state index in [0.29, 0.717) is 17.8 Å². The molecule has 1 saturated heterocycles. The van der Waals surface area contributed by atoms with Crippen molar-refractivity contribution in [2.75, 3.05) is 18.0 Å². The first-order valence-electron chi connectivity index (χ1n) is 10.9. The lowest BCUT2D eigenvalue weighted by Crippen LogP contribution is -2.26. The fraction of sp³-hybridized carbons (Fsp3) is 0.304. The molecule has 1 fully saturated rings. The number of halogens is 3. The van der Waals surface area contributed by atoms with E-state index in [2.05, 4.69) is 29.9 Å². The molecule has 182 valence electrons. The first-order chi connectivity index (χ1) is 16.7. The van der Waals surface area contributed by atoms with Gasteiger partial charge in [0.15, 0.2) is 5.69 Å². The van der Waals surface area contributed by atoms with Gasteiger partial charge in [-0.2, -0.15) is 10.1 Å². The van der Waals surface area contributed by atoms with Gasteiger partial charge in [0.1, 0.15) is 11.6 Å². The minimum atomic E-state index is -4.75. The average molecular weight is 485 g/mol. The minimum Gasteiger partial charge on any atom is -0.406 e. The van der Waals surface area contributed by atoms with Crippen molar-refractivity contribution in [2.24, 2.45) is 5.73 Å². The zero-order chi connectivity index (χ0) is 24.6. The molecule has 4 heterocycles. The molecule has 0 saturated carbocycles. The summed E-state index contributed by atoms with van der Waals surface area (Å²) in [6, 6.07) is 11.2. The third kappa shape index (κ3) is 5.27. The molecule has 0 spiro atoms. The van der Waals surface area contributed by atoms with Gasteiger partial charge in [-0.3, -0.25) is 4.68 Å². The van der Waals surface area contributed by atoms with Crippen LogP contribution >= 0.6 is 0 Å². The van der Waals surface area contributed by atoms with Gasteiger partial charge >= 0.3 is 6.36 Å². The molecular formula is C23H22F3N7O2. The SMILES string of the molecule is Cc1cc(-c2nc(-c3ccc(OC(F)(F)F)cc3)no2)nn1Cc1ccc(N2CCC(N)C2)nc1. The maximum Gasteiger partial charge on any atom is 0.573 e. The van der Waals surface area contributed by atoms with Crippen molar-refractivity contribution in [2.45, 2.75) is 32.3 Å². The number of nitrogens with two attached hydrogens (primary N) is 1. The van der Waals surface area contributed by atoms with Crippen molar-refractivity contribution in [3.8, 4) is 28.7 Å². The highest BCUT2D eigenvalue weighted by Crippen LogP contribution is 2.27. The van der Waals surface area contributed by atoms with E-state index in [0.717, 1.165) is 36.6 Å². The molecule has 12 heteroatoms. The maximum atomic E-state index is 12.3. The fourth-order valence-electron chi connectivity index (χ4n) is 3.89. The van der Waals surface area contributed by atoms with E-state index in [1.807, 2.05) is 36.0 Å². The van der Waals surface area contributed by atoms with Crippen LogP contribution in [0.15, 0.2) is 53.2 Å². The molecular weight excluding hydrogens is 463 g/mol. The zero-order valence-corrected chi connectivity index (χ0v) is 18.7. The van der Waals surface area contributed by atoms with Crippen LogP contribution in [0.25, 0.3) is 23.0 Å². The van der Waals surface area contributed by atoms with Crippen molar-refractivity contribution in [3.63, 3.8) is 0 Å². The molecule has 35 heavy (non-hydrogen) atoms. The summed E-state index contributed by atoms with van der Waals surface area (Å²) < 4.78 is 48.1. The summed E-state index contributed by atoms with van der Waals surface area (Å²) in [5.74, 6) is 1.02. The molecule has 1 aromatic carbocycles. The average Bonchev–Trinajstić information content (AvgIpc) is 3.55. The van der Waals surface area contributed by atoms with Gasteiger partial charge in [-0.05, 0) is 55.3 Å². The molecule has 3 aromatic heterocycles. The number of benzene rings is 1. The Kier molecular flexibility index (Phi) is 5.89. The highest BCUT2D eigenvalue weighted by Gasteiger charge is 2.31. The smallest absolute Gasteiger partial charge is 0.406 e. The van der Waals surface area contributed by atoms with Crippen LogP contribution in [0.2, 0.25) is 0 Å². The number of aryl methyl sites for hydroxylation is 1. The van der Waals surface area contributed by atoms with Crippen LogP contribution in [0, 0.1) is 6.92 Å². The predicted molar refractivity (Wildman–Crippen MR) is 121 cm³/mol. The van der Waals surface area contributed by atoms with Gasteiger partial charge in [-0.15, -0.1) is 13.2 Å². The number of hydrogen-bond donors (Lipinski definition) is 1. The van der Waals surface area contributed by atoms with Gasteiger partial charge in [0.2, 0.25) is 5.82 Å². The predicted octanol–water partition coefficient (Wildman–Crippen LogP) is 3.79. The standard InChI is InChI=1S/C23H22F3N7O2/c1-14-10-19(22-29-21(31-35-22)16-3-5-18(6-4-16)34-23(24,25)26)30-33(14)12-15-2-7-20(28-11-15)32-9-8-17(27)13-32/h2-7,10-11,17H,8-9,12-13,27H2,1H3. The molecule has 9 nitrogen and oxygen atoms in total. The van der Waals surface area contributed by atoms with E-state index in [1.54, 1.807) is 0 Å². The monoisotopic (exact) mass is 485 g/mol. The summed E-state index contributed by atoms with van der Waals surface area (Å²) in [5, 5.41) is 8.49. The van der Waals surface area contributed by atoms with Crippen molar-refractivity contribution in [3.05, 3.63) is 59.9 Å². The lowest BCUT2D eigenvalue weighted by molar-refractivity contribution is -0.274. The second kappa shape index (κ2) is 9.02. The largest absolute Gasteiger partial charge is 0.573 e. The van der Waals surface area contributed by atoms with Crippen LogP contribution in [-0.4, -0.2) is 50.4 Å². The van der Waals surface area contributed by atoms with Crippen molar-refractivity contribution in [1.29, 1.82) is 0 Å². The molecule has 1 atom stereocenters. The lowest BCUT2D eigenvalue weighted by atomic mass is 10.2. The Morgan fingerprint density at radius 2 is 1.97 bits per heavy atom. The number of aromatic nitrogens is 5. The van der Waals surface area contributed by atoms with Gasteiger partial charge in [0.05, 0.1) is 6.54 Å². The summed E-state index contributed by atoms with van der Waals surface area (Å²) in [4.78, 5) is 11.1. The van der Waals surface area contributed by atoms with Crippen LogP contribution in [0.1, 0.15) is 17.7 Å². The second-order valence-corrected chi connectivity index (χ2v) is 8.34. The molecule has 1 aliphatic rings. The van der Waals surface area contributed by atoms with Crippen LogP contribution in [0.4, 0.5) is 19.0 Å². The van der Waals surface area contributed by atoms with Gasteiger partial charge in [0, 0.05) is 36.6 Å². The number of hydrogen-bond acceptors (Lipinski definition) is 8. The van der Waals surface area contributed by atoms with Gasteiger partial charge in [-0.25, -0.2) is 4.98 Å². The molecule has 1 unspecified atom stereocenters. The van der Waals surface area contributed by atoms with Crippen LogP contribution in [-0.2, 0) is 6.54 Å². The lowest BCUT2D eigenvalue weighted by Gasteiger charge is -2.16. The third-order valence-corrected chi connectivity index (χ3v) is 5.66. The van der Waals surface area contributed by atoms with Gasteiger partial charge in [0.25, 0.3) is 5.89 Å². The Hall–Kier alpha value is -3.93. The maximum absolute atomic E-state index is 12.3. The molecule has 2 N–H and O–H groups in total. The Labute approximate surface area is 198 Å². The Balaban J connectivity index is 1.27. The zero-order valence-electron chi connectivity index (χ0n) is 18.7. The summed E-state index contributed by atoms with van der Waals surface area (Å²) in [6.07, 6.45) is -1.96. The van der Waals surface area contributed by atoms with Crippen molar-refractivity contribution >= 4 is 5.82 Å². The molecule has 5 rings (SSSR count). The fourth-order valence-corrected chi connectivity index (χ4v) is 3.89. The highest BCUT2D eigenvalue weighted by atomic mass is 19.4. The number of pyridine rings is 1. The topological polar surface area (TPSA) is 108 Å². The van der Waals surface area contributed by atoms with Gasteiger partial charge in [-0.1, -0.05) is 11.2 Å². The molecule has 1 aliphatic heterocycles. The summed E-state index contributed by atoms with van der Waals surface area (Å²) in [7, 11) is 0. The summed E-state index contributed by atoms with van der Waals surface area (Å²) >= 11 is 0. The molecule has 0 bridgehead atoms. The van der Waals surface area contributed by atoms with Gasteiger partial charge < -0.3 is 19.9 Å². The summed E-state index contributed by atoms with van der Waals surface area (Å²) in [6.45, 7) is 4.15. The number of ether oxygens (including phenoxy) is 1. The van der Waals surface area contributed by atoms with Crippen molar-refractivity contribution < 1.29 is 22.4 Å². The third-order valence-electron chi connectivity index (χ3n) is 5.66. The van der Waals surface area contributed by atoms with E-state index in [9.17, 15) is 13.2 Å². The number of anilines is 1. The number of rotatable bonds is 6. The molecule has 0 aliphatic carbocycles. The van der Waals surface area contributed by atoms with Crippen LogP contribution in [0.3, 0.4) is 0 Å². The van der Waals surface area contributed by atoms with Crippen molar-refractivity contribution in [1.82, 2.24) is 24.9 Å². The van der Waals surface area contributed by atoms with Crippen LogP contribution < -0.4 is 15.4 Å². The quantitative estimate of drug-likeness (QED) is 0.440. The molecule has 4 aromatic rings. The number of alkyl halides is 3. The first kappa shape index (κ1) is 22.8. The minimum absolute atomic E-state index is 0.189. The second-order valence-electron chi connectivity index (χ2n) is 8.34. The van der Waals surface area contributed by atoms with E-state index in [1.165, 1.54) is 24.3 Å². The van der Waals surface area contributed by atoms with E-state index in [4.69, 9.17) is 10.3 Å². The van der Waals surface area contributed by atoms with E-state index >= 15 is 0 Å². The Bertz CT molecular complexity index is 1300. The highest BCUT2D eigenvalue weighted by molar-refractivity contribution is 5.59. The summed E-state index contributed by atoms with van der Waals surface area (Å²) in [5.41, 5.74) is 8.84. The Morgan fingerprint density at radius 1 is 1.17 bits per heavy atom. The molecule has 0 amide bonds. The van der Waals surface area contributed by atoms with Crippen LogP contribution in [0.5, 0.6) is 5.75 Å².